The summed E-state index contributed by atoms with van der Waals surface area (Å²) in [6, 6.07) is 16.1. The quantitative estimate of drug-likeness (QED) is 0.492. The zero-order valence-corrected chi connectivity index (χ0v) is 16.8. The molecule has 0 bridgehead atoms. The number of aromatic nitrogens is 2. The Morgan fingerprint density at radius 1 is 1.03 bits per heavy atom. The molecule has 3 aromatic rings. The molecule has 0 spiro atoms. The van der Waals surface area contributed by atoms with Crippen molar-refractivity contribution in [3.63, 3.8) is 0 Å². The van der Waals surface area contributed by atoms with Gasteiger partial charge in [0.1, 0.15) is 5.02 Å². The summed E-state index contributed by atoms with van der Waals surface area (Å²) < 4.78 is 1.13. The van der Waals surface area contributed by atoms with E-state index in [9.17, 15) is 14.9 Å². The second kappa shape index (κ2) is 8.54. The van der Waals surface area contributed by atoms with E-state index in [1.54, 1.807) is 0 Å². The van der Waals surface area contributed by atoms with E-state index in [-0.39, 0.29) is 16.8 Å². The van der Waals surface area contributed by atoms with Gasteiger partial charge in [0.2, 0.25) is 0 Å². The van der Waals surface area contributed by atoms with Gasteiger partial charge in [-0.1, -0.05) is 29.8 Å². The minimum atomic E-state index is -0.497. The van der Waals surface area contributed by atoms with Gasteiger partial charge < -0.3 is 10.2 Å². The van der Waals surface area contributed by atoms with Gasteiger partial charge in [-0.05, 0) is 37.1 Å². The number of halogens is 1. The number of piperidine rings is 1. The SMILES string of the molecule is O=c1c(Cl)c(NC2CCN(c3ccccc3)CC2)cnn1-c1ccc([N+](=O)[O-])cc1. The van der Waals surface area contributed by atoms with Crippen molar-refractivity contribution < 1.29 is 4.92 Å². The zero-order chi connectivity index (χ0) is 21.1. The molecule has 1 N–H and O–H groups in total. The number of nitrogens with zero attached hydrogens (tertiary/aromatic N) is 4. The molecule has 2 heterocycles. The number of nitro benzene ring substituents is 1. The minimum absolute atomic E-state index is 0.0499. The summed E-state index contributed by atoms with van der Waals surface area (Å²) in [5, 5.41) is 18.4. The van der Waals surface area contributed by atoms with Gasteiger partial charge in [-0.2, -0.15) is 9.78 Å². The smallest absolute Gasteiger partial charge is 0.292 e. The third kappa shape index (κ3) is 4.13. The first-order valence-electron chi connectivity index (χ1n) is 9.62. The van der Waals surface area contributed by atoms with E-state index in [4.69, 9.17) is 11.6 Å². The van der Waals surface area contributed by atoms with Crippen molar-refractivity contribution in [3.8, 4) is 5.69 Å². The van der Waals surface area contributed by atoms with Crippen LogP contribution < -0.4 is 15.8 Å². The average molecular weight is 426 g/mol. The van der Waals surface area contributed by atoms with Gasteiger partial charge >= 0.3 is 0 Å². The van der Waals surface area contributed by atoms with Gasteiger partial charge in [0.05, 0.1) is 22.5 Å². The summed E-state index contributed by atoms with van der Waals surface area (Å²) in [4.78, 5) is 25.3. The van der Waals surface area contributed by atoms with Crippen LogP contribution in [0.2, 0.25) is 5.02 Å². The van der Waals surface area contributed by atoms with E-state index in [0.29, 0.717) is 11.4 Å². The average Bonchev–Trinajstić information content (AvgIpc) is 2.78. The van der Waals surface area contributed by atoms with E-state index in [0.717, 1.165) is 30.6 Å². The number of anilines is 2. The molecule has 1 fully saturated rings. The molecule has 154 valence electrons. The molecule has 0 amide bonds. The highest BCUT2D eigenvalue weighted by Gasteiger charge is 2.21. The second-order valence-electron chi connectivity index (χ2n) is 7.10. The summed E-state index contributed by atoms with van der Waals surface area (Å²) >= 11 is 6.32. The van der Waals surface area contributed by atoms with Crippen LogP contribution in [0.1, 0.15) is 12.8 Å². The van der Waals surface area contributed by atoms with E-state index in [1.165, 1.54) is 36.1 Å². The third-order valence-electron chi connectivity index (χ3n) is 5.20. The van der Waals surface area contributed by atoms with Crippen LogP contribution in [-0.4, -0.2) is 33.8 Å². The summed E-state index contributed by atoms with van der Waals surface area (Å²) in [5.74, 6) is 0. The number of nitro groups is 1. The van der Waals surface area contributed by atoms with Crippen molar-refractivity contribution in [2.45, 2.75) is 18.9 Å². The standard InChI is InChI=1S/C21H20ClN5O3/c22-20-19(24-15-10-12-25(13-11-15)16-4-2-1-3-5-16)14-23-26(21(20)28)17-6-8-18(9-7-17)27(29)30/h1-9,14-15,24H,10-13H2. The van der Waals surface area contributed by atoms with Crippen molar-refractivity contribution in [1.82, 2.24) is 9.78 Å². The van der Waals surface area contributed by atoms with Gasteiger partial charge in [-0.15, -0.1) is 0 Å². The highest BCUT2D eigenvalue weighted by molar-refractivity contribution is 6.33. The maximum atomic E-state index is 12.7. The normalized spacial score (nSPS) is 14.5. The monoisotopic (exact) mass is 425 g/mol. The summed E-state index contributed by atoms with van der Waals surface area (Å²) in [7, 11) is 0. The third-order valence-corrected chi connectivity index (χ3v) is 5.57. The van der Waals surface area contributed by atoms with Crippen LogP contribution in [0, 0.1) is 10.1 Å². The highest BCUT2D eigenvalue weighted by atomic mass is 35.5. The molecule has 1 aliphatic rings. The molecule has 0 atom stereocenters. The maximum absolute atomic E-state index is 12.7. The molecule has 0 saturated carbocycles. The molecular formula is C21H20ClN5O3. The number of para-hydroxylation sites is 1. The Morgan fingerprint density at radius 2 is 1.70 bits per heavy atom. The molecule has 0 aliphatic carbocycles. The van der Waals surface area contributed by atoms with Gasteiger partial charge in [0.25, 0.3) is 11.2 Å². The fourth-order valence-electron chi connectivity index (χ4n) is 3.57. The van der Waals surface area contributed by atoms with E-state index < -0.39 is 10.5 Å². The first-order chi connectivity index (χ1) is 14.5. The van der Waals surface area contributed by atoms with E-state index in [2.05, 4.69) is 27.4 Å². The largest absolute Gasteiger partial charge is 0.380 e. The zero-order valence-electron chi connectivity index (χ0n) is 16.1. The number of rotatable bonds is 5. The lowest BCUT2D eigenvalue weighted by molar-refractivity contribution is -0.384. The molecule has 1 aromatic heterocycles. The molecule has 9 heteroatoms. The Kier molecular flexibility index (Phi) is 5.67. The van der Waals surface area contributed by atoms with Crippen LogP contribution in [0.15, 0.2) is 65.6 Å². The van der Waals surface area contributed by atoms with Gasteiger partial charge in [-0.3, -0.25) is 14.9 Å². The predicted octanol–water partition coefficient (Wildman–Crippen LogP) is 3.88. The Balaban J connectivity index is 1.45. The first kappa shape index (κ1) is 19.9. The van der Waals surface area contributed by atoms with Crippen molar-refractivity contribution in [1.29, 1.82) is 0 Å². The lowest BCUT2D eigenvalue weighted by Crippen LogP contribution is -2.39. The topological polar surface area (TPSA) is 93.3 Å². The predicted molar refractivity (Wildman–Crippen MR) is 117 cm³/mol. The Hall–Kier alpha value is -3.39. The van der Waals surface area contributed by atoms with Crippen LogP contribution in [0.25, 0.3) is 5.69 Å². The van der Waals surface area contributed by atoms with Crippen molar-refractivity contribution in [2.75, 3.05) is 23.3 Å². The molecule has 8 nitrogen and oxygen atoms in total. The number of hydrogen-bond acceptors (Lipinski definition) is 6. The van der Waals surface area contributed by atoms with Crippen LogP contribution in [0.4, 0.5) is 17.1 Å². The summed E-state index contributed by atoms with van der Waals surface area (Å²) in [5.41, 5.74) is 1.59. The van der Waals surface area contributed by atoms with Crippen molar-refractivity contribution >= 4 is 28.7 Å². The van der Waals surface area contributed by atoms with Crippen LogP contribution in [-0.2, 0) is 0 Å². The molecule has 30 heavy (non-hydrogen) atoms. The fraction of sp³-hybridized carbons (Fsp3) is 0.238. The Bertz CT molecular complexity index is 1090. The number of nitrogens with one attached hydrogen (secondary N) is 1. The van der Waals surface area contributed by atoms with Crippen LogP contribution in [0.3, 0.4) is 0 Å². The van der Waals surface area contributed by atoms with Gasteiger partial charge in [0, 0.05) is 37.0 Å². The highest BCUT2D eigenvalue weighted by Crippen LogP contribution is 2.24. The number of hydrogen-bond donors (Lipinski definition) is 1. The molecule has 0 unspecified atom stereocenters. The number of benzene rings is 2. The molecular weight excluding hydrogens is 406 g/mol. The summed E-state index contributed by atoms with van der Waals surface area (Å²) in [6.45, 7) is 1.82. The Labute approximate surface area is 177 Å². The minimum Gasteiger partial charge on any atom is -0.380 e. The summed E-state index contributed by atoms with van der Waals surface area (Å²) in [6.07, 6.45) is 3.35. The van der Waals surface area contributed by atoms with Gasteiger partial charge in [-0.25, -0.2) is 0 Å². The Morgan fingerprint density at radius 3 is 2.33 bits per heavy atom. The number of non-ortho nitro benzene ring substituents is 1. The van der Waals surface area contributed by atoms with Crippen LogP contribution >= 0.6 is 11.6 Å². The molecule has 4 rings (SSSR count). The van der Waals surface area contributed by atoms with Crippen molar-refractivity contribution in [2.24, 2.45) is 0 Å². The lowest BCUT2D eigenvalue weighted by atomic mass is 10.0. The van der Waals surface area contributed by atoms with Crippen LogP contribution in [0.5, 0.6) is 0 Å². The molecule has 1 saturated heterocycles. The molecule has 2 aromatic carbocycles. The van der Waals surface area contributed by atoms with E-state index in [1.807, 2.05) is 18.2 Å². The molecule has 1 aliphatic heterocycles. The fourth-order valence-corrected chi connectivity index (χ4v) is 3.76. The lowest BCUT2D eigenvalue weighted by Gasteiger charge is -2.34. The molecule has 0 radical (unpaired) electrons. The first-order valence-corrected chi connectivity index (χ1v) is 10.00. The van der Waals surface area contributed by atoms with Crippen molar-refractivity contribution in [3.05, 3.63) is 86.3 Å². The second-order valence-corrected chi connectivity index (χ2v) is 7.48. The van der Waals surface area contributed by atoms with E-state index >= 15 is 0 Å². The maximum Gasteiger partial charge on any atom is 0.292 e. The van der Waals surface area contributed by atoms with Gasteiger partial charge in [0.15, 0.2) is 0 Å².